The molecule has 2 amide bonds. The van der Waals surface area contributed by atoms with Crippen molar-refractivity contribution in [2.45, 2.75) is 64.5 Å². The number of aryl methyl sites for hydroxylation is 1. The van der Waals surface area contributed by atoms with Gasteiger partial charge >= 0.3 is 0 Å². The molecule has 35 heavy (non-hydrogen) atoms. The third kappa shape index (κ3) is 5.13. The highest BCUT2D eigenvalue weighted by atomic mass is 19.1. The average Bonchev–Trinajstić information content (AvgIpc) is 3.58. The molecule has 5 rings (SSSR count). The zero-order valence-corrected chi connectivity index (χ0v) is 20.0. The molecule has 0 spiro atoms. The summed E-state index contributed by atoms with van der Waals surface area (Å²) in [6.07, 6.45) is 6.94. The first kappa shape index (κ1) is 23.3. The van der Waals surface area contributed by atoms with Gasteiger partial charge in [0.05, 0.1) is 17.7 Å². The molecule has 0 radical (unpaired) electrons. The molecule has 0 saturated heterocycles. The minimum atomic E-state index is -0.387. The highest BCUT2D eigenvalue weighted by Gasteiger charge is 2.27. The predicted octanol–water partition coefficient (Wildman–Crippen LogP) is 4.04. The van der Waals surface area contributed by atoms with Crippen LogP contribution in [0.1, 0.15) is 61.5 Å². The molecule has 3 N–H and O–H groups in total. The number of ether oxygens (including phenoxy) is 1. The van der Waals surface area contributed by atoms with E-state index in [2.05, 4.69) is 25.6 Å². The van der Waals surface area contributed by atoms with Crippen LogP contribution in [-0.4, -0.2) is 45.5 Å². The molecule has 2 saturated carbocycles. The normalized spacial score (nSPS) is 20.0. The Labute approximate surface area is 203 Å². The monoisotopic (exact) mass is 479 g/mol. The average molecular weight is 480 g/mol. The first-order chi connectivity index (χ1) is 16.9. The number of halogens is 1. The van der Waals surface area contributed by atoms with E-state index in [1.165, 1.54) is 25.4 Å². The number of nitrogens with one attached hydrogen (secondary N) is 3. The smallest absolute Gasteiger partial charge is 0.255 e. The Morgan fingerprint density at radius 3 is 2.49 bits per heavy atom. The standard InChI is InChI=1S/C26H30FN5O3/c1-14-22(26(34)32-19-8-6-18(7-9-19)31-15(2)33)24-25(30-14)23(28-13-29-24)20-11-17(27)5-10-21(20)35-12-16-3-4-16/h5,10-11,13,16,18-19,30H,3-4,6-9,12H2,1-2H3,(H,31,33)(H,32,34)/t18-,19+. The Balaban J connectivity index is 1.40. The fourth-order valence-electron chi connectivity index (χ4n) is 4.84. The van der Waals surface area contributed by atoms with Gasteiger partial charge in [-0.3, -0.25) is 9.59 Å². The summed E-state index contributed by atoms with van der Waals surface area (Å²) >= 11 is 0. The number of hydrogen-bond donors (Lipinski definition) is 3. The molecule has 2 heterocycles. The molecule has 9 heteroatoms. The second-order valence-electron chi connectivity index (χ2n) is 9.69. The third-order valence-electron chi connectivity index (χ3n) is 6.84. The number of amides is 2. The Kier molecular flexibility index (Phi) is 6.40. The van der Waals surface area contributed by atoms with Crippen LogP contribution in [0.2, 0.25) is 0 Å². The van der Waals surface area contributed by atoms with Crippen LogP contribution in [0, 0.1) is 18.7 Å². The topological polar surface area (TPSA) is 109 Å². The zero-order valence-electron chi connectivity index (χ0n) is 20.0. The number of H-pyrrole nitrogens is 1. The van der Waals surface area contributed by atoms with Crippen LogP contribution in [0.3, 0.4) is 0 Å². The summed E-state index contributed by atoms with van der Waals surface area (Å²) < 4.78 is 20.2. The number of carbonyl (C=O) groups excluding carboxylic acids is 2. The molecular formula is C26H30FN5O3. The number of rotatable bonds is 7. The second-order valence-corrected chi connectivity index (χ2v) is 9.69. The first-order valence-corrected chi connectivity index (χ1v) is 12.2. The Morgan fingerprint density at radius 1 is 1.09 bits per heavy atom. The lowest BCUT2D eigenvalue weighted by atomic mass is 9.91. The van der Waals surface area contributed by atoms with E-state index in [1.54, 1.807) is 6.07 Å². The lowest BCUT2D eigenvalue weighted by Gasteiger charge is -2.29. The quantitative estimate of drug-likeness (QED) is 0.474. The van der Waals surface area contributed by atoms with Crippen molar-refractivity contribution < 1.29 is 18.7 Å². The summed E-state index contributed by atoms with van der Waals surface area (Å²) in [4.78, 5) is 36.7. The van der Waals surface area contributed by atoms with E-state index in [0.29, 0.717) is 51.8 Å². The van der Waals surface area contributed by atoms with Gasteiger partial charge in [-0.05, 0) is 69.6 Å². The largest absolute Gasteiger partial charge is 0.493 e. The van der Waals surface area contributed by atoms with Crippen molar-refractivity contribution in [1.29, 1.82) is 0 Å². The lowest BCUT2D eigenvalue weighted by molar-refractivity contribution is -0.119. The molecule has 2 aromatic heterocycles. The molecule has 0 atom stereocenters. The minimum Gasteiger partial charge on any atom is -0.493 e. The zero-order chi connectivity index (χ0) is 24.5. The molecule has 184 valence electrons. The fraction of sp³-hybridized carbons (Fsp3) is 0.462. The van der Waals surface area contributed by atoms with Gasteiger partial charge in [0.1, 0.15) is 29.1 Å². The Hall–Kier alpha value is -3.49. The highest BCUT2D eigenvalue weighted by molar-refractivity contribution is 6.09. The van der Waals surface area contributed by atoms with E-state index >= 15 is 0 Å². The molecule has 0 bridgehead atoms. The maximum absolute atomic E-state index is 14.2. The maximum atomic E-state index is 14.2. The number of hydrogen-bond acceptors (Lipinski definition) is 5. The van der Waals surface area contributed by atoms with Crippen LogP contribution in [0.25, 0.3) is 22.3 Å². The van der Waals surface area contributed by atoms with Crippen LogP contribution in [-0.2, 0) is 4.79 Å². The molecule has 0 aliphatic heterocycles. The van der Waals surface area contributed by atoms with E-state index in [1.807, 2.05) is 6.92 Å². The first-order valence-electron chi connectivity index (χ1n) is 12.2. The van der Waals surface area contributed by atoms with E-state index in [9.17, 15) is 14.0 Å². The van der Waals surface area contributed by atoms with Gasteiger partial charge in [-0.15, -0.1) is 0 Å². The molecular weight excluding hydrogens is 449 g/mol. The molecule has 2 fully saturated rings. The molecule has 2 aliphatic carbocycles. The Morgan fingerprint density at radius 2 is 1.80 bits per heavy atom. The van der Waals surface area contributed by atoms with E-state index in [-0.39, 0.29) is 29.7 Å². The van der Waals surface area contributed by atoms with Crippen LogP contribution < -0.4 is 15.4 Å². The van der Waals surface area contributed by atoms with Crippen molar-refractivity contribution in [2.24, 2.45) is 5.92 Å². The van der Waals surface area contributed by atoms with Gasteiger partial charge in [-0.1, -0.05) is 0 Å². The maximum Gasteiger partial charge on any atom is 0.255 e. The van der Waals surface area contributed by atoms with Crippen LogP contribution in [0.5, 0.6) is 5.75 Å². The van der Waals surface area contributed by atoms with Crippen LogP contribution in [0.15, 0.2) is 24.5 Å². The third-order valence-corrected chi connectivity index (χ3v) is 6.84. The van der Waals surface area contributed by atoms with E-state index in [0.717, 1.165) is 38.5 Å². The summed E-state index contributed by atoms with van der Waals surface area (Å²) in [5, 5.41) is 6.09. The van der Waals surface area contributed by atoms with Crippen molar-refractivity contribution in [3.05, 3.63) is 41.6 Å². The van der Waals surface area contributed by atoms with Crippen LogP contribution >= 0.6 is 0 Å². The Bertz CT molecular complexity index is 1260. The number of carbonyl (C=O) groups is 2. The summed E-state index contributed by atoms with van der Waals surface area (Å²) in [5.41, 5.74) is 3.23. The molecule has 8 nitrogen and oxygen atoms in total. The summed E-state index contributed by atoms with van der Waals surface area (Å²) in [5.74, 6) is 0.497. The highest BCUT2D eigenvalue weighted by Crippen LogP contribution is 2.37. The van der Waals surface area contributed by atoms with Gasteiger partial charge in [-0.2, -0.15) is 0 Å². The summed E-state index contributed by atoms with van der Waals surface area (Å²) in [6, 6.07) is 4.61. The van der Waals surface area contributed by atoms with E-state index in [4.69, 9.17) is 4.74 Å². The number of aromatic amines is 1. The fourth-order valence-corrected chi connectivity index (χ4v) is 4.84. The van der Waals surface area contributed by atoms with Gasteiger partial charge < -0.3 is 20.4 Å². The molecule has 1 aromatic carbocycles. The SMILES string of the molecule is CC(=O)N[C@H]1CC[C@@H](NC(=O)c2c(C)[nH]c3c(-c4cc(F)ccc4OCC4CC4)ncnc23)CC1. The van der Waals surface area contributed by atoms with Crippen molar-refractivity contribution in [3.8, 4) is 17.0 Å². The van der Waals surface area contributed by atoms with Gasteiger partial charge in [0.2, 0.25) is 5.91 Å². The van der Waals surface area contributed by atoms with Gasteiger partial charge in [0, 0.05) is 30.3 Å². The number of nitrogens with zero attached hydrogens (tertiary/aromatic N) is 2. The molecule has 0 unspecified atom stereocenters. The molecule has 2 aliphatic rings. The lowest BCUT2D eigenvalue weighted by Crippen LogP contribution is -2.43. The summed E-state index contributed by atoms with van der Waals surface area (Å²) in [7, 11) is 0. The van der Waals surface area contributed by atoms with Gasteiger partial charge in [-0.25, -0.2) is 14.4 Å². The van der Waals surface area contributed by atoms with Crippen molar-refractivity contribution in [1.82, 2.24) is 25.6 Å². The number of fused-ring (bicyclic) bond motifs is 1. The van der Waals surface area contributed by atoms with Crippen molar-refractivity contribution in [3.63, 3.8) is 0 Å². The van der Waals surface area contributed by atoms with Crippen LogP contribution in [0.4, 0.5) is 4.39 Å². The van der Waals surface area contributed by atoms with Crippen molar-refractivity contribution >= 4 is 22.8 Å². The predicted molar refractivity (Wildman–Crippen MR) is 130 cm³/mol. The second kappa shape index (κ2) is 9.64. The number of aromatic nitrogens is 3. The van der Waals surface area contributed by atoms with Crippen molar-refractivity contribution in [2.75, 3.05) is 6.61 Å². The summed E-state index contributed by atoms with van der Waals surface area (Å²) in [6.45, 7) is 3.94. The van der Waals surface area contributed by atoms with E-state index < -0.39 is 0 Å². The van der Waals surface area contributed by atoms with Gasteiger partial charge in [0.25, 0.3) is 5.91 Å². The van der Waals surface area contributed by atoms with Gasteiger partial charge in [0.15, 0.2) is 0 Å². The number of benzene rings is 1. The molecule has 3 aromatic rings. The minimum absolute atomic E-state index is 0.0261.